The molecule has 1 heterocycles. The number of amides is 1. The molecule has 0 bridgehead atoms. The second-order valence-corrected chi connectivity index (χ2v) is 10.5. The minimum atomic E-state index is -3.32. The standard InChI is InChI=1S/C22H27N3O4S2/c1-5-29-18-8-7-9-19-20(18)23-22(30-19)25(15-14-24(3)4)21(26)16-10-12-17(13-11-16)31(27,28)6-2/h7-13H,5-6,14-15H2,1-4H3. The molecule has 0 unspecified atom stereocenters. The van der Waals surface area contributed by atoms with Gasteiger partial charge in [0.25, 0.3) is 5.91 Å². The number of hydrogen-bond acceptors (Lipinski definition) is 7. The molecule has 0 aliphatic heterocycles. The van der Waals surface area contributed by atoms with Crippen LogP contribution in [0, 0.1) is 0 Å². The van der Waals surface area contributed by atoms with E-state index >= 15 is 0 Å². The van der Waals surface area contributed by atoms with Crippen LogP contribution in [0.2, 0.25) is 0 Å². The van der Waals surface area contributed by atoms with Crippen LogP contribution in [0.25, 0.3) is 10.2 Å². The maximum atomic E-state index is 13.4. The fourth-order valence-corrected chi connectivity index (χ4v) is 4.90. The number of anilines is 1. The third-order valence-corrected chi connectivity index (χ3v) is 7.55. The summed E-state index contributed by atoms with van der Waals surface area (Å²) in [7, 11) is 0.568. The summed E-state index contributed by atoms with van der Waals surface area (Å²) in [5, 5.41) is 0.583. The highest BCUT2D eigenvalue weighted by Gasteiger charge is 2.23. The number of carbonyl (C=O) groups excluding carboxylic acids is 1. The van der Waals surface area contributed by atoms with Gasteiger partial charge in [0, 0.05) is 18.7 Å². The minimum absolute atomic E-state index is 0.0170. The highest BCUT2D eigenvalue weighted by molar-refractivity contribution is 7.91. The third-order valence-electron chi connectivity index (χ3n) is 4.76. The lowest BCUT2D eigenvalue weighted by Crippen LogP contribution is -2.36. The van der Waals surface area contributed by atoms with Crippen molar-refractivity contribution in [1.29, 1.82) is 0 Å². The molecule has 0 fully saturated rings. The highest BCUT2D eigenvalue weighted by atomic mass is 32.2. The van der Waals surface area contributed by atoms with Gasteiger partial charge < -0.3 is 9.64 Å². The lowest BCUT2D eigenvalue weighted by Gasteiger charge is -2.22. The molecular formula is C22H27N3O4S2. The first-order chi connectivity index (χ1) is 14.8. The van der Waals surface area contributed by atoms with Crippen molar-refractivity contribution in [1.82, 2.24) is 9.88 Å². The molecule has 1 amide bonds. The summed E-state index contributed by atoms with van der Waals surface area (Å²) in [4.78, 5) is 21.9. The van der Waals surface area contributed by atoms with E-state index in [4.69, 9.17) is 9.72 Å². The lowest BCUT2D eigenvalue weighted by atomic mass is 10.2. The Balaban J connectivity index is 1.98. The number of sulfone groups is 1. The average molecular weight is 462 g/mol. The largest absolute Gasteiger partial charge is 0.492 e. The van der Waals surface area contributed by atoms with Crippen LogP contribution in [0.4, 0.5) is 5.13 Å². The number of nitrogens with zero attached hydrogens (tertiary/aromatic N) is 3. The Morgan fingerprint density at radius 2 is 1.77 bits per heavy atom. The predicted molar refractivity (Wildman–Crippen MR) is 125 cm³/mol. The van der Waals surface area contributed by atoms with Crippen LogP contribution in [-0.2, 0) is 9.84 Å². The average Bonchev–Trinajstić information content (AvgIpc) is 3.19. The number of benzene rings is 2. The molecule has 0 N–H and O–H groups in total. The van der Waals surface area contributed by atoms with Gasteiger partial charge in [-0.15, -0.1) is 0 Å². The summed E-state index contributed by atoms with van der Waals surface area (Å²) in [6.07, 6.45) is 0. The van der Waals surface area contributed by atoms with Gasteiger partial charge in [-0.3, -0.25) is 9.69 Å². The molecule has 166 valence electrons. The first-order valence-electron chi connectivity index (χ1n) is 10.1. The number of fused-ring (bicyclic) bond motifs is 1. The Hall–Kier alpha value is -2.49. The number of carbonyl (C=O) groups is 1. The molecule has 9 heteroatoms. The van der Waals surface area contributed by atoms with Crippen molar-refractivity contribution in [3.63, 3.8) is 0 Å². The van der Waals surface area contributed by atoms with Gasteiger partial charge in [0.05, 0.1) is 22.0 Å². The van der Waals surface area contributed by atoms with E-state index in [-0.39, 0.29) is 16.6 Å². The molecule has 31 heavy (non-hydrogen) atoms. The minimum Gasteiger partial charge on any atom is -0.492 e. The number of likely N-dealkylation sites (N-methyl/N-ethyl adjacent to an activating group) is 1. The van der Waals surface area contributed by atoms with Gasteiger partial charge in [0.15, 0.2) is 15.0 Å². The number of rotatable bonds is 9. The van der Waals surface area contributed by atoms with Gasteiger partial charge in [0.1, 0.15) is 11.3 Å². The maximum Gasteiger partial charge on any atom is 0.260 e. The van der Waals surface area contributed by atoms with E-state index < -0.39 is 9.84 Å². The smallest absolute Gasteiger partial charge is 0.260 e. The molecule has 0 atom stereocenters. The fourth-order valence-electron chi connectivity index (χ4n) is 3.01. The second-order valence-electron chi connectivity index (χ2n) is 7.22. The van der Waals surface area contributed by atoms with Gasteiger partial charge in [-0.25, -0.2) is 13.4 Å². The highest BCUT2D eigenvalue weighted by Crippen LogP contribution is 2.34. The number of aromatic nitrogens is 1. The van der Waals surface area contributed by atoms with Gasteiger partial charge in [-0.2, -0.15) is 0 Å². The summed E-state index contributed by atoms with van der Waals surface area (Å²) in [5.41, 5.74) is 1.15. The van der Waals surface area contributed by atoms with Crippen molar-refractivity contribution in [3.05, 3.63) is 48.0 Å². The summed E-state index contributed by atoms with van der Waals surface area (Å²) in [5.74, 6) is 0.485. The van der Waals surface area contributed by atoms with Crippen LogP contribution < -0.4 is 9.64 Å². The Bertz CT molecular complexity index is 1160. The Labute approximate surface area is 187 Å². The topological polar surface area (TPSA) is 79.8 Å². The monoisotopic (exact) mass is 461 g/mol. The molecule has 7 nitrogen and oxygen atoms in total. The molecule has 0 radical (unpaired) electrons. The van der Waals surface area contributed by atoms with Gasteiger partial charge in [0.2, 0.25) is 0 Å². The number of ether oxygens (including phenoxy) is 1. The van der Waals surface area contributed by atoms with Crippen LogP contribution in [0.15, 0.2) is 47.4 Å². The first kappa shape index (κ1) is 23.2. The van der Waals surface area contributed by atoms with E-state index in [1.54, 1.807) is 24.0 Å². The fraction of sp³-hybridized carbons (Fsp3) is 0.364. The molecule has 0 aliphatic rings. The molecule has 0 saturated heterocycles. The Kier molecular flexibility index (Phi) is 7.30. The summed E-state index contributed by atoms with van der Waals surface area (Å²) < 4.78 is 30.8. The van der Waals surface area contributed by atoms with E-state index in [2.05, 4.69) is 0 Å². The van der Waals surface area contributed by atoms with E-state index in [1.165, 1.54) is 23.5 Å². The summed E-state index contributed by atoms with van der Waals surface area (Å²) >= 11 is 1.43. The van der Waals surface area contributed by atoms with Crippen molar-refractivity contribution in [3.8, 4) is 5.75 Å². The van der Waals surface area contributed by atoms with Gasteiger partial charge in [-0.1, -0.05) is 24.3 Å². The molecule has 0 aliphatic carbocycles. The quantitative estimate of drug-likeness (QED) is 0.483. The van der Waals surface area contributed by atoms with Gasteiger partial charge in [-0.05, 0) is 57.4 Å². The SMILES string of the molecule is CCOc1cccc2sc(N(CCN(C)C)C(=O)c3ccc(S(=O)(=O)CC)cc3)nc12. The van der Waals surface area contributed by atoms with Crippen LogP contribution in [0.1, 0.15) is 24.2 Å². The second kappa shape index (κ2) is 9.76. The Morgan fingerprint density at radius 3 is 2.39 bits per heavy atom. The molecule has 1 aromatic heterocycles. The number of thiazole rings is 1. The maximum absolute atomic E-state index is 13.4. The first-order valence-corrected chi connectivity index (χ1v) is 12.6. The van der Waals surface area contributed by atoms with E-state index in [9.17, 15) is 13.2 Å². The van der Waals surface area contributed by atoms with Crippen molar-refractivity contribution in [2.24, 2.45) is 0 Å². The number of hydrogen-bond donors (Lipinski definition) is 0. The van der Waals surface area contributed by atoms with Crippen molar-refractivity contribution < 1.29 is 17.9 Å². The molecule has 0 saturated carbocycles. The third kappa shape index (κ3) is 5.23. The Morgan fingerprint density at radius 1 is 1.06 bits per heavy atom. The summed E-state index contributed by atoms with van der Waals surface area (Å²) in [6.45, 7) is 5.15. The zero-order chi connectivity index (χ0) is 22.6. The van der Waals surface area contributed by atoms with E-state index in [0.29, 0.717) is 36.1 Å². The number of para-hydroxylation sites is 1. The lowest BCUT2D eigenvalue weighted by molar-refractivity contribution is 0.0985. The molecule has 2 aromatic carbocycles. The van der Waals surface area contributed by atoms with Crippen molar-refractivity contribution >= 4 is 42.4 Å². The zero-order valence-electron chi connectivity index (χ0n) is 18.2. The zero-order valence-corrected chi connectivity index (χ0v) is 19.8. The predicted octanol–water partition coefficient (Wildman–Crippen LogP) is 3.70. The van der Waals surface area contributed by atoms with Crippen molar-refractivity contribution in [2.75, 3.05) is 44.4 Å². The van der Waals surface area contributed by atoms with E-state index in [1.807, 2.05) is 44.1 Å². The molecular weight excluding hydrogens is 434 g/mol. The molecule has 0 spiro atoms. The van der Waals surface area contributed by atoms with Gasteiger partial charge >= 0.3 is 0 Å². The van der Waals surface area contributed by atoms with E-state index in [0.717, 1.165) is 10.2 Å². The summed E-state index contributed by atoms with van der Waals surface area (Å²) in [6, 6.07) is 11.8. The van der Waals surface area contributed by atoms with Crippen LogP contribution in [-0.4, -0.2) is 63.8 Å². The normalized spacial score (nSPS) is 11.8. The van der Waals surface area contributed by atoms with Crippen LogP contribution in [0.5, 0.6) is 5.75 Å². The molecule has 3 aromatic rings. The van der Waals surface area contributed by atoms with Crippen LogP contribution in [0.3, 0.4) is 0 Å². The van der Waals surface area contributed by atoms with Crippen molar-refractivity contribution in [2.45, 2.75) is 18.7 Å². The van der Waals surface area contributed by atoms with Crippen LogP contribution >= 0.6 is 11.3 Å². The molecule has 3 rings (SSSR count).